The molecule has 1 aliphatic heterocycles. The minimum Gasteiger partial charge on any atom is -0.337 e. The fourth-order valence-corrected chi connectivity index (χ4v) is 3.44. The molecule has 27 heavy (non-hydrogen) atoms. The number of para-hydroxylation sites is 1. The Bertz CT molecular complexity index is 840. The second-order valence-corrected chi connectivity index (χ2v) is 7.30. The summed E-state index contributed by atoms with van der Waals surface area (Å²) in [5.41, 5.74) is 3.08. The average Bonchev–Trinajstić information content (AvgIpc) is 2.68. The number of carbonyl (C=O) groups is 2. The van der Waals surface area contributed by atoms with Gasteiger partial charge in [0.2, 0.25) is 11.8 Å². The van der Waals surface area contributed by atoms with Crippen LogP contribution in [0.2, 0.25) is 5.02 Å². The Labute approximate surface area is 164 Å². The van der Waals surface area contributed by atoms with Gasteiger partial charge in [-0.25, -0.2) is 0 Å². The number of amides is 2. The molecule has 1 atom stereocenters. The van der Waals surface area contributed by atoms with Crippen molar-refractivity contribution in [3.05, 3.63) is 64.7 Å². The summed E-state index contributed by atoms with van der Waals surface area (Å²) in [4.78, 5) is 28.8. The van der Waals surface area contributed by atoms with Gasteiger partial charge in [-0.05, 0) is 43.7 Å². The quantitative estimate of drug-likeness (QED) is 0.860. The van der Waals surface area contributed by atoms with E-state index in [0.717, 1.165) is 6.42 Å². The molecule has 142 valence electrons. The number of nitrogens with zero attached hydrogens (tertiary/aromatic N) is 2. The fraction of sp³-hybridized carbons (Fsp3) is 0.333. The van der Waals surface area contributed by atoms with Crippen LogP contribution in [0, 0.1) is 0 Å². The van der Waals surface area contributed by atoms with E-state index in [0.29, 0.717) is 23.8 Å². The van der Waals surface area contributed by atoms with Gasteiger partial charge in [-0.3, -0.25) is 14.5 Å². The summed E-state index contributed by atoms with van der Waals surface area (Å²) < 4.78 is 0. The van der Waals surface area contributed by atoms with Gasteiger partial charge >= 0.3 is 0 Å². The van der Waals surface area contributed by atoms with Crippen molar-refractivity contribution in [2.75, 3.05) is 25.5 Å². The molecule has 0 saturated carbocycles. The van der Waals surface area contributed by atoms with Crippen LogP contribution in [-0.2, 0) is 22.6 Å². The van der Waals surface area contributed by atoms with Gasteiger partial charge in [-0.1, -0.05) is 48.0 Å². The smallest absolute Gasteiger partial charge is 0.239 e. The Morgan fingerprint density at radius 2 is 1.81 bits per heavy atom. The number of carbonyl (C=O) groups excluding carboxylic acids is 2. The second kappa shape index (κ2) is 8.55. The molecule has 5 nitrogen and oxygen atoms in total. The van der Waals surface area contributed by atoms with Gasteiger partial charge in [0.25, 0.3) is 0 Å². The third-order valence-electron chi connectivity index (χ3n) is 5.00. The summed E-state index contributed by atoms with van der Waals surface area (Å²) in [5, 5.41) is 3.28. The van der Waals surface area contributed by atoms with E-state index in [2.05, 4.69) is 17.4 Å². The van der Waals surface area contributed by atoms with E-state index >= 15 is 0 Å². The minimum atomic E-state index is -0.382. The Morgan fingerprint density at radius 1 is 1.15 bits per heavy atom. The van der Waals surface area contributed by atoms with Gasteiger partial charge in [0.15, 0.2) is 0 Å². The number of fused-ring (bicyclic) bond motifs is 1. The predicted molar refractivity (Wildman–Crippen MR) is 108 cm³/mol. The molecule has 0 fully saturated rings. The van der Waals surface area contributed by atoms with Crippen molar-refractivity contribution in [2.45, 2.75) is 25.9 Å². The zero-order chi connectivity index (χ0) is 19.4. The maximum atomic E-state index is 12.9. The van der Waals surface area contributed by atoms with E-state index in [4.69, 9.17) is 11.6 Å². The van der Waals surface area contributed by atoms with Crippen LogP contribution in [-0.4, -0.2) is 47.8 Å². The monoisotopic (exact) mass is 385 g/mol. The van der Waals surface area contributed by atoms with Crippen LogP contribution >= 0.6 is 11.6 Å². The topological polar surface area (TPSA) is 52.7 Å². The summed E-state index contributed by atoms with van der Waals surface area (Å²) in [6.45, 7) is 3.28. The van der Waals surface area contributed by atoms with E-state index < -0.39 is 0 Å². The van der Waals surface area contributed by atoms with Crippen molar-refractivity contribution in [3.8, 4) is 0 Å². The van der Waals surface area contributed by atoms with Crippen LogP contribution in [0.3, 0.4) is 0 Å². The SMILES string of the molecule is CC(C(=O)N1CCc2ccccc2C1)N(C)CC(=O)Nc1ccccc1Cl. The number of hydrogen-bond acceptors (Lipinski definition) is 3. The Hall–Kier alpha value is -2.37. The van der Waals surface area contributed by atoms with Crippen LogP contribution in [0.15, 0.2) is 48.5 Å². The van der Waals surface area contributed by atoms with Crippen molar-refractivity contribution in [3.63, 3.8) is 0 Å². The molecule has 2 aromatic carbocycles. The molecule has 0 radical (unpaired) electrons. The zero-order valence-corrected chi connectivity index (χ0v) is 16.4. The molecule has 1 aliphatic rings. The molecule has 1 N–H and O–H groups in total. The van der Waals surface area contributed by atoms with E-state index in [1.54, 1.807) is 24.1 Å². The maximum Gasteiger partial charge on any atom is 0.239 e. The summed E-state index contributed by atoms with van der Waals surface area (Å²) in [7, 11) is 1.78. The van der Waals surface area contributed by atoms with Crippen molar-refractivity contribution in [2.24, 2.45) is 0 Å². The number of benzene rings is 2. The van der Waals surface area contributed by atoms with Crippen LogP contribution in [0.1, 0.15) is 18.1 Å². The minimum absolute atomic E-state index is 0.0394. The summed E-state index contributed by atoms with van der Waals surface area (Å²) in [6.07, 6.45) is 0.866. The third-order valence-corrected chi connectivity index (χ3v) is 5.33. The largest absolute Gasteiger partial charge is 0.337 e. The summed E-state index contributed by atoms with van der Waals surface area (Å²) >= 11 is 6.07. The van der Waals surface area contributed by atoms with Crippen molar-refractivity contribution < 1.29 is 9.59 Å². The van der Waals surface area contributed by atoms with E-state index in [1.807, 2.05) is 36.1 Å². The van der Waals surface area contributed by atoms with Gasteiger partial charge in [0.05, 0.1) is 23.3 Å². The number of halogens is 1. The highest BCUT2D eigenvalue weighted by Gasteiger charge is 2.27. The maximum absolute atomic E-state index is 12.9. The standard InChI is InChI=1S/C21H24ClN3O2/c1-15(21(27)25-12-11-16-7-3-4-8-17(16)13-25)24(2)14-20(26)23-19-10-6-5-9-18(19)22/h3-10,15H,11-14H2,1-2H3,(H,23,26). The normalized spacial score (nSPS) is 14.6. The molecule has 1 heterocycles. The van der Waals surface area contributed by atoms with Gasteiger partial charge < -0.3 is 10.2 Å². The Balaban J connectivity index is 1.57. The van der Waals surface area contributed by atoms with Gasteiger partial charge in [-0.15, -0.1) is 0 Å². The van der Waals surface area contributed by atoms with Crippen molar-refractivity contribution >= 4 is 29.1 Å². The molecule has 2 aromatic rings. The predicted octanol–water partition coefficient (Wildman–Crippen LogP) is 3.18. The number of hydrogen-bond donors (Lipinski definition) is 1. The van der Waals surface area contributed by atoms with Crippen molar-refractivity contribution in [1.82, 2.24) is 9.80 Å². The second-order valence-electron chi connectivity index (χ2n) is 6.90. The molecule has 0 saturated heterocycles. The number of likely N-dealkylation sites (N-methyl/N-ethyl adjacent to an activating group) is 1. The molecule has 2 amide bonds. The highest BCUT2D eigenvalue weighted by molar-refractivity contribution is 6.33. The van der Waals surface area contributed by atoms with Gasteiger partial charge in [0, 0.05) is 13.1 Å². The number of rotatable bonds is 5. The van der Waals surface area contributed by atoms with Crippen molar-refractivity contribution in [1.29, 1.82) is 0 Å². The lowest BCUT2D eigenvalue weighted by molar-refractivity contribution is -0.137. The highest BCUT2D eigenvalue weighted by Crippen LogP contribution is 2.21. The van der Waals surface area contributed by atoms with E-state index in [9.17, 15) is 9.59 Å². The molecule has 0 spiro atoms. The van der Waals surface area contributed by atoms with E-state index in [1.165, 1.54) is 11.1 Å². The molecule has 6 heteroatoms. The van der Waals surface area contributed by atoms with Crippen LogP contribution in [0.5, 0.6) is 0 Å². The lowest BCUT2D eigenvalue weighted by Gasteiger charge is -2.33. The summed E-state index contributed by atoms with van der Waals surface area (Å²) in [5.74, 6) is -0.160. The summed E-state index contributed by atoms with van der Waals surface area (Å²) in [6, 6.07) is 14.9. The zero-order valence-electron chi connectivity index (χ0n) is 15.6. The number of anilines is 1. The first-order valence-corrected chi connectivity index (χ1v) is 9.43. The molecule has 0 aliphatic carbocycles. The molecular weight excluding hydrogens is 362 g/mol. The third kappa shape index (κ3) is 4.67. The fourth-order valence-electron chi connectivity index (χ4n) is 3.25. The highest BCUT2D eigenvalue weighted by atomic mass is 35.5. The first-order valence-electron chi connectivity index (χ1n) is 9.06. The van der Waals surface area contributed by atoms with Crippen LogP contribution in [0.4, 0.5) is 5.69 Å². The average molecular weight is 386 g/mol. The lowest BCUT2D eigenvalue weighted by atomic mass is 9.99. The molecule has 1 unspecified atom stereocenters. The number of nitrogens with one attached hydrogen (secondary N) is 1. The molecule has 0 bridgehead atoms. The first kappa shape index (κ1) is 19.4. The molecule has 0 aromatic heterocycles. The molecule has 3 rings (SSSR count). The van der Waals surface area contributed by atoms with Gasteiger partial charge in [-0.2, -0.15) is 0 Å². The van der Waals surface area contributed by atoms with E-state index in [-0.39, 0.29) is 24.4 Å². The van der Waals surface area contributed by atoms with Crippen LogP contribution in [0.25, 0.3) is 0 Å². The van der Waals surface area contributed by atoms with Gasteiger partial charge in [0.1, 0.15) is 0 Å². The first-order chi connectivity index (χ1) is 13.0. The molecular formula is C21H24ClN3O2. The van der Waals surface area contributed by atoms with Crippen LogP contribution < -0.4 is 5.32 Å². The Kier molecular flexibility index (Phi) is 6.14. The lowest BCUT2D eigenvalue weighted by Crippen LogP contribution is -2.49. The Morgan fingerprint density at radius 3 is 2.56 bits per heavy atom.